The van der Waals surface area contributed by atoms with E-state index in [0.29, 0.717) is 48.6 Å². The smallest absolute Gasteiger partial charge is 0.306 e. The largest absolute Gasteiger partial charge is 0.491 e. The predicted molar refractivity (Wildman–Crippen MR) is 111 cm³/mol. The average Bonchev–Trinajstić information content (AvgIpc) is 2.74. The second kappa shape index (κ2) is 8.52. The Balaban J connectivity index is 1.31. The first-order valence-corrected chi connectivity index (χ1v) is 11.0. The fraction of sp³-hybridized carbons (Fsp3) is 0.636. The average molecular weight is 421 g/mol. The highest BCUT2D eigenvalue weighted by molar-refractivity contribution is 6.32. The van der Waals surface area contributed by atoms with Crippen molar-refractivity contribution in [2.24, 2.45) is 11.3 Å². The van der Waals surface area contributed by atoms with Crippen LogP contribution in [0.15, 0.2) is 18.2 Å². The molecule has 4 aliphatic rings. The van der Waals surface area contributed by atoms with Crippen LogP contribution < -0.4 is 10.1 Å². The molecule has 0 aromatic heterocycles. The molecule has 1 aliphatic carbocycles. The zero-order chi connectivity index (χ0) is 20.4. The molecule has 3 aliphatic heterocycles. The van der Waals surface area contributed by atoms with Crippen LogP contribution >= 0.6 is 11.6 Å². The van der Waals surface area contributed by atoms with Crippen LogP contribution in [0.1, 0.15) is 55.3 Å². The molecule has 5 rings (SSSR count). The Morgan fingerprint density at radius 2 is 1.79 bits per heavy atom. The molecule has 29 heavy (non-hydrogen) atoms. The maximum absolute atomic E-state index is 12.6. The van der Waals surface area contributed by atoms with Crippen LogP contribution in [-0.2, 0) is 4.79 Å². The van der Waals surface area contributed by atoms with Crippen molar-refractivity contribution < 1.29 is 19.4 Å². The quantitative estimate of drug-likeness (QED) is 0.735. The second-order valence-corrected chi connectivity index (χ2v) is 9.29. The van der Waals surface area contributed by atoms with Gasteiger partial charge in [0, 0.05) is 17.0 Å². The third-order valence-electron chi connectivity index (χ3n) is 7.01. The number of carbonyl (C=O) groups is 2. The number of rotatable bonds is 6. The molecule has 0 radical (unpaired) electrons. The van der Waals surface area contributed by atoms with Crippen LogP contribution in [0.3, 0.4) is 0 Å². The molecule has 0 atom stereocenters. The van der Waals surface area contributed by atoms with Gasteiger partial charge < -0.3 is 20.1 Å². The number of ether oxygens (including phenoxy) is 1. The number of piperidine rings is 3. The zero-order valence-corrected chi connectivity index (χ0v) is 17.4. The van der Waals surface area contributed by atoms with E-state index in [4.69, 9.17) is 21.4 Å². The summed E-state index contributed by atoms with van der Waals surface area (Å²) in [5, 5.41) is 12.6. The van der Waals surface area contributed by atoms with Crippen molar-refractivity contribution in [3.63, 3.8) is 0 Å². The van der Waals surface area contributed by atoms with Gasteiger partial charge >= 0.3 is 5.97 Å². The molecule has 3 saturated heterocycles. The Hall–Kier alpha value is -1.79. The normalized spacial score (nSPS) is 31.3. The minimum Gasteiger partial charge on any atom is -0.491 e. The molecule has 0 unspecified atom stereocenters. The standard InChI is InChI=1S/C22H29ClN2O4/c23-18-13-16(20(26)24-17-4-1-15(2-5-17)21(27)28)3-6-19(18)29-14-22-7-10-25(11-8-22)12-9-22/h3,6,13,15,17H,1-2,4-5,7-12,14H2,(H,24,26)(H,27,28). The number of aliphatic carboxylic acids is 1. The van der Waals surface area contributed by atoms with Crippen LogP contribution in [-0.4, -0.2) is 54.2 Å². The lowest BCUT2D eigenvalue weighted by atomic mass is 9.73. The van der Waals surface area contributed by atoms with Crippen molar-refractivity contribution in [3.8, 4) is 5.75 Å². The Kier molecular flexibility index (Phi) is 6.02. The lowest BCUT2D eigenvalue weighted by Crippen LogP contribution is -2.50. The number of nitrogens with one attached hydrogen (secondary N) is 1. The highest BCUT2D eigenvalue weighted by Crippen LogP contribution is 2.41. The van der Waals surface area contributed by atoms with Gasteiger partial charge in [-0.15, -0.1) is 0 Å². The van der Waals surface area contributed by atoms with Crippen molar-refractivity contribution >= 4 is 23.5 Å². The predicted octanol–water partition coefficient (Wildman–Crippen LogP) is 3.58. The fourth-order valence-corrected chi connectivity index (χ4v) is 5.09. The molecule has 4 fully saturated rings. The second-order valence-electron chi connectivity index (χ2n) is 8.89. The molecule has 1 aromatic rings. The van der Waals surface area contributed by atoms with Crippen molar-refractivity contribution in [1.29, 1.82) is 0 Å². The number of benzene rings is 1. The first kappa shape index (κ1) is 20.5. The highest BCUT2D eigenvalue weighted by atomic mass is 35.5. The molecule has 7 heteroatoms. The van der Waals surface area contributed by atoms with Gasteiger partial charge in [-0.2, -0.15) is 0 Å². The van der Waals surface area contributed by atoms with Gasteiger partial charge in [-0.3, -0.25) is 9.59 Å². The van der Waals surface area contributed by atoms with Crippen molar-refractivity contribution in [2.75, 3.05) is 26.2 Å². The molecular weight excluding hydrogens is 392 g/mol. The summed E-state index contributed by atoms with van der Waals surface area (Å²) < 4.78 is 6.08. The third-order valence-corrected chi connectivity index (χ3v) is 7.31. The minimum absolute atomic E-state index is 0.0177. The summed E-state index contributed by atoms with van der Waals surface area (Å²) in [7, 11) is 0. The monoisotopic (exact) mass is 420 g/mol. The first-order valence-electron chi connectivity index (χ1n) is 10.6. The van der Waals surface area contributed by atoms with Gasteiger partial charge in [0.15, 0.2) is 0 Å². The van der Waals surface area contributed by atoms with E-state index in [1.165, 1.54) is 19.3 Å². The molecule has 6 nitrogen and oxygen atoms in total. The van der Waals surface area contributed by atoms with E-state index in [1.54, 1.807) is 18.2 Å². The lowest BCUT2D eigenvalue weighted by Gasteiger charge is -2.48. The van der Waals surface area contributed by atoms with Crippen molar-refractivity contribution in [1.82, 2.24) is 10.2 Å². The summed E-state index contributed by atoms with van der Waals surface area (Å²) in [5.41, 5.74) is 0.773. The Morgan fingerprint density at radius 3 is 2.38 bits per heavy atom. The third kappa shape index (κ3) is 4.69. The van der Waals surface area contributed by atoms with Crippen LogP contribution in [0.5, 0.6) is 5.75 Å². The molecule has 3 heterocycles. The van der Waals surface area contributed by atoms with Crippen molar-refractivity contribution in [2.45, 2.75) is 51.0 Å². The Morgan fingerprint density at radius 1 is 1.14 bits per heavy atom. The topological polar surface area (TPSA) is 78.9 Å². The Bertz CT molecular complexity index is 754. The van der Waals surface area contributed by atoms with Gasteiger partial charge in [0.05, 0.1) is 17.5 Å². The van der Waals surface area contributed by atoms with Crippen LogP contribution in [0.4, 0.5) is 0 Å². The summed E-state index contributed by atoms with van der Waals surface area (Å²) in [6.07, 6.45) is 6.12. The van der Waals surface area contributed by atoms with Gasteiger partial charge in [0.1, 0.15) is 5.75 Å². The molecule has 1 saturated carbocycles. The molecule has 0 spiro atoms. The highest BCUT2D eigenvalue weighted by Gasteiger charge is 2.40. The SMILES string of the molecule is O=C(NC1CCC(C(=O)O)CC1)c1ccc(OCC23CCN(CC2)CC3)c(Cl)c1. The summed E-state index contributed by atoms with van der Waals surface area (Å²) >= 11 is 6.41. The molecule has 158 valence electrons. The van der Waals surface area contributed by atoms with Crippen LogP contribution in [0.25, 0.3) is 0 Å². The number of hydrogen-bond donors (Lipinski definition) is 2. The lowest BCUT2D eigenvalue weighted by molar-refractivity contribution is -0.142. The van der Waals surface area contributed by atoms with E-state index in [1.807, 2.05) is 0 Å². The summed E-state index contributed by atoms with van der Waals surface area (Å²) in [6.45, 7) is 4.15. The van der Waals surface area contributed by atoms with E-state index in [-0.39, 0.29) is 23.3 Å². The van der Waals surface area contributed by atoms with Crippen LogP contribution in [0.2, 0.25) is 5.02 Å². The zero-order valence-electron chi connectivity index (χ0n) is 16.7. The van der Waals surface area contributed by atoms with Gasteiger partial charge in [-0.1, -0.05) is 11.6 Å². The summed E-state index contributed by atoms with van der Waals surface area (Å²) in [5.74, 6) is -0.566. The van der Waals surface area contributed by atoms with Crippen molar-refractivity contribution in [3.05, 3.63) is 28.8 Å². The first-order chi connectivity index (χ1) is 13.9. The molecule has 1 aromatic carbocycles. The molecule has 2 N–H and O–H groups in total. The number of fused-ring (bicyclic) bond motifs is 3. The van der Waals surface area contributed by atoms with E-state index >= 15 is 0 Å². The molecule has 2 bridgehead atoms. The van der Waals surface area contributed by atoms with E-state index in [0.717, 1.165) is 19.6 Å². The Labute approximate surface area is 176 Å². The van der Waals surface area contributed by atoms with E-state index < -0.39 is 5.97 Å². The van der Waals surface area contributed by atoms with Gasteiger partial charge in [0.25, 0.3) is 5.91 Å². The van der Waals surface area contributed by atoms with Gasteiger partial charge in [0.2, 0.25) is 0 Å². The number of carboxylic acids is 1. The fourth-order valence-electron chi connectivity index (χ4n) is 4.86. The molecular formula is C22H29ClN2O4. The van der Waals surface area contributed by atoms with E-state index in [9.17, 15) is 9.59 Å². The number of carbonyl (C=O) groups excluding carboxylic acids is 1. The number of carboxylic acid groups (broad SMARTS) is 1. The number of amides is 1. The number of nitrogens with zero attached hydrogens (tertiary/aromatic N) is 1. The van der Waals surface area contributed by atoms with Crippen LogP contribution in [0, 0.1) is 11.3 Å². The minimum atomic E-state index is -0.740. The molecule has 1 amide bonds. The van der Waals surface area contributed by atoms with E-state index in [2.05, 4.69) is 10.2 Å². The van der Waals surface area contributed by atoms with Gasteiger partial charge in [-0.05, 0) is 82.8 Å². The number of halogens is 1. The summed E-state index contributed by atoms with van der Waals surface area (Å²) in [6, 6.07) is 5.22. The summed E-state index contributed by atoms with van der Waals surface area (Å²) in [4.78, 5) is 26.1. The number of hydrogen-bond acceptors (Lipinski definition) is 4. The maximum Gasteiger partial charge on any atom is 0.306 e. The van der Waals surface area contributed by atoms with Gasteiger partial charge in [-0.25, -0.2) is 0 Å². The maximum atomic E-state index is 12.6.